The molecule has 0 aliphatic heterocycles. The van der Waals surface area contributed by atoms with E-state index < -0.39 is 0 Å². The Kier molecular flexibility index (Phi) is 23.8. The third-order valence-corrected chi connectivity index (χ3v) is 7.74. The SMILES string of the molecule is CCCCCCCCCCCCCCCCCC(CCC)(CCC)[N+](C)(C)CCC.[Cl-]. The second kappa shape index (κ2) is 22.1. The zero-order valence-electron chi connectivity index (χ0n) is 22.9. The van der Waals surface area contributed by atoms with Crippen molar-refractivity contribution in [3.63, 3.8) is 0 Å². The fourth-order valence-electron chi connectivity index (χ4n) is 5.84. The van der Waals surface area contributed by atoms with Crippen LogP contribution in [0.5, 0.6) is 0 Å². The van der Waals surface area contributed by atoms with E-state index in [0.717, 1.165) is 0 Å². The molecule has 0 saturated carbocycles. The van der Waals surface area contributed by atoms with Crippen molar-refractivity contribution in [2.75, 3.05) is 20.6 Å². The fraction of sp³-hybridized carbons (Fsp3) is 1.00. The summed E-state index contributed by atoms with van der Waals surface area (Å²) in [6, 6.07) is 0. The minimum absolute atomic E-state index is 0. The maximum Gasteiger partial charge on any atom is 0.0988 e. The van der Waals surface area contributed by atoms with Gasteiger partial charge in [-0.25, -0.2) is 0 Å². The predicted octanol–water partition coefficient (Wildman–Crippen LogP) is 7.08. The number of quaternary nitrogens is 1. The van der Waals surface area contributed by atoms with Gasteiger partial charge in [0.25, 0.3) is 0 Å². The van der Waals surface area contributed by atoms with Crippen LogP contribution in [0.25, 0.3) is 0 Å². The van der Waals surface area contributed by atoms with E-state index in [2.05, 4.69) is 41.8 Å². The summed E-state index contributed by atoms with van der Waals surface area (Å²) < 4.78 is 1.24. The Morgan fingerprint density at radius 1 is 0.419 bits per heavy atom. The number of hydrogen-bond acceptors (Lipinski definition) is 0. The molecule has 0 saturated heterocycles. The molecule has 0 amide bonds. The molecule has 0 bridgehead atoms. The van der Waals surface area contributed by atoms with E-state index in [0.29, 0.717) is 5.54 Å². The van der Waals surface area contributed by atoms with E-state index in [9.17, 15) is 0 Å². The zero-order chi connectivity index (χ0) is 22.6. The van der Waals surface area contributed by atoms with Crippen LogP contribution in [0.3, 0.4) is 0 Å². The summed E-state index contributed by atoms with van der Waals surface area (Å²) >= 11 is 0. The summed E-state index contributed by atoms with van der Waals surface area (Å²) in [5, 5.41) is 0. The minimum atomic E-state index is 0. The fourth-order valence-corrected chi connectivity index (χ4v) is 5.84. The van der Waals surface area contributed by atoms with Crippen LogP contribution in [0.2, 0.25) is 0 Å². The summed E-state index contributed by atoms with van der Waals surface area (Å²) in [7, 11) is 5.03. The number of unbranched alkanes of at least 4 members (excludes halogenated alkanes) is 14. The first-order valence-corrected chi connectivity index (χ1v) is 14.3. The van der Waals surface area contributed by atoms with Gasteiger partial charge >= 0.3 is 0 Å². The molecule has 0 heterocycles. The molecule has 190 valence electrons. The maximum atomic E-state index is 2.51. The van der Waals surface area contributed by atoms with Crippen LogP contribution in [0, 0.1) is 0 Å². The quantitative estimate of drug-likeness (QED) is 0.113. The molecular weight excluding hydrogens is 398 g/mol. The summed E-state index contributed by atoms with van der Waals surface area (Å²) in [6.07, 6.45) is 30.2. The van der Waals surface area contributed by atoms with Gasteiger partial charge in [0, 0.05) is 19.3 Å². The topological polar surface area (TPSA) is 0 Å². The average molecular weight is 460 g/mol. The number of nitrogens with zero attached hydrogens (tertiary/aromatic N) is 1. The van der Waals surface area contributed by atoms with Crippen molar-refractivity contribution in [2.45, 2.75) is 168 Å². The van der Waals surface area contributed by atoms with Gasteiger partial charge in [0.1, 0.15) is 0 Å². The molecule has 0 rings (SSSR count). The molecule has 1 nitrogen and oxygen atoms in total. The van der Waals surface area contributed by atoms with Crippen molar-refractivity contribution < 1.29 is 16.9 Å². The lowest BCUT2D eigenvalue weighted by molar-refractivity contribution is -0.943. The van der Waals surface area contributed by atoms with E-state index in [1.54, 1.807) is 0 Å². The highest BCUT2D eigenvalue weighted by molar-refractivity contribution is 4.81. The van der Waals surface area contributed by atoms with Gasteiger partial charge in [-0.2, -0.15) is 0 Å². The molecule has 0 N–H and O–H groups in total. The smallest absolute Gasteiger partial charge is 0.0988 e. The van der Waals surface area contributed by atoms with Crippen LogP contribution in [0.4, 0.5) is 0 Å². The van der Waals surface area contributed by atoms with Gasteiger partial charge in [-0.05, 0) is 12.8 Å². The summed E-state index contributed by atoms with van der Waals surface area (Å²) in [6.45, 7) is 10.8. The van der Waals surface area contributed by atoms with Gasteiger partial charge in [0.05, 0.1) is 26.2 Å². The summed E-state index contributed by atoms with van der Waals surface area (Å²) in [4.78, 5) is 0. The normalized spacial score (nSPS) is 12.2. The molecule has 0 unspecified atom stereocenters. The molecule has 0 aromatic rings. The standard InChI is InChI=1S/C29H62N.ClH/c1-7-11-12-13-14-15-16-17-18-19-20-21-22-23-24-27-29(25-8-2,26-9-3)30(5,6)28-10-4;/h7-28H2,1-6H3;1H/q+1;/p-1. The lowest BCUT2D eigenvalue weighted by Gasteiger charge is -2.49. The molecule has 0 spiro atoms. The third kappa shape index (κ3) is 15.7. The van der Waals surface area contributed by atoms with Crippen LogP contribution < -0.4 is 12.4 Å². The molecule has 2 heteroatoms. The van der Waals surface area contributed by atoms with Crippen LogP contribution in [0.15, 0.2) is 0 Å². The molecule has 0 radical (unpaired) electrons. The molecule has 0 aromatic carbocycles. The molecule has 0 aliphatic carbocycles. The lowest BCUT2D eigenvalue weighted by Crippen LogP contribution is -3.00. The van der Waals surface area contributed by atoms with E-state index in [1.807, 2.05) is 0 Å². The minimum Gasteiger partial charge on any atom is -1.00 e. The van der Waals surface area contributed by atoms with Gasteiger partial charge in [-0.3, -0.25) is 0 Å². The van der Waals surface area contributed by atoms with Gasteiger partial charge in [-0.15, -0.1) is 0 Å². The second-order valence-corrected chi connectivity index (χ2v) is 10.8. The van der Waals surface area contributed by atoms with Crippen LogP contribution >= 0.6 is 0 Å². The van der Waals surface area contributed by atoms with Crippen LogP contribution in [-0.2, 0) is 0 Å². The first kappa shape index (κ1) is 33.4. The highest BCUT2D eigenvalue weighted by Crippen LogP contribution is 2.37. The van der Waals surface area contributed by atoms with Gasteiger partial charge in [0.2, 0.25) is 0 Å². The Morgan fingerprint density at radius 3 is 1.10 bits per heavy atom. The van der Waals surface area contributed by atoms with Crippen LogP contribution in [-0.4, -0.2) is 30.7 Å². The Labute approximate surface area is 205 Å². The van der Waals surface area contributed by atoms with Crippen molar-refractivity contribution in [3.8, 4) is 0 Å². The summed E-state index contributed by atoms with van der Waals surface area (Å²) in [5.41, 5.74) is 0.524. The lowest BCUT2D eigenvalue weighted by atomic mass is 9.80. The molecular formula is C29H62ClN. The summed E-state index contributed by atoms with van der Waals surface area (Å²) in [5.74, 6) is 0. The molecule has 0 aliphatic rings. The third-order valence-electron chi connectivity index (χ3n) is 7.74. The van der Waals surface area contributed by atoms with Crippen LogP contribution in [0.1, 0.15) is 163 Å². The first-order chi connectivity index (χ1) is 14.5. The van der Waals surface area contributed by atoms with Gasteiger partial charge in [0.15, 0.2) is 0 Å². The zero-order valence-corrected chi connectivity index (χ0v) is 23.6. The molecule has 31 heavy (non-hydrogen) atoms. The van der Waals surface area contributed by atoms with E-state index in [1.165, 1.54) is 146 Å². The molecule has 0 fully saturated rings. The van der Waals surface area contributed by atoms with Gasteiger partial charge in [-0.1, -0.05) is 130 Å². The number of rotatable bonds is 23. The number of hydrogen-bond donors (Lipinski definition) is 0. The highest BCUT2D eigenvalue weighted by atomic mass is 35.5. The Hall–Kier alpha value is 0.250. The maximum absolute atomic E-state index is 2.51. The largest absolute Gasteiger partial charge is 1.00 e. The Bertz CT molecular complexity index is 347. The van der Waals surface area contributed by atoms with E-state index in [4.69, 9.17) is 0 Å². The monoisotopic (exact) mass is 459 g/mol. The first-order valence-electron chi connectivity index (χ1n) is 14.3. The predicted molar refractivity (Wildman–Crippen MR) is 139 cm³/mol. The molecule has 0 aromatic heterocycles. The van der Waals surface area contributed by atoms with Crippen molar-refractivity contribution in [3.05, 3.63) is 0 Å². The van der Waals surface area contributed by atoms with Gasteiger partial charge < -0.3 is 16.9 Å². The Balaban J connectivity index is 0. The average Bonchev–Trinajstić information content (AvgIpc) is 2.71. The van der Waals surface area contributed by atoms with Crippen molar-refractivity contribution in [1.82, 2.24) is 0 Å². The van der Waals surface area contributed by atoms with Crippen molar-refractivity contribution >= 4 is 0 Å². The second-order valence-electron chi connectivity index (χ2n) is 10.8. The van der Waals surface area contributed by atoms with E-state index >= 15 is 0 Å². The molecule has 0 atom stereocenters. The van der Waals surface area contributed by atoms with Crippen molar-refractivity contribution in [1.29, 1.82) is 0 Å². The highest BCUT2D eigenvalue weighted by Gasteiger charge is 2.42. The van der Waals surface area contributed by atoms with E-state index in [-0.39, 0.29) is 12.4 Å². The van der Waals surface area contributed by atoms with Crippen molar-refractivity contribution in [2.24, 2.45) is 0 Å². The Morgan fingerprint density at radius 2 is 0.774 bits per heavy atom. The number of halogens is 1.